The van der Waals surface area contributed by atoms with Crippen LogP contribution in [0.2, 0.25) is 0 Å². The summed E-state index contributed by atoms with van der Waals surface area (Å²) < 4.78 is 31.8. The molecule has 2 aromatic rings. The largest absolute Gasteiger partial charge is 0.372 e. The Kier molecular flexibility index (Phi) is 8.01. The summed E-state index contributed by atoms with van der Waals surface area (Å²) in [5, 5.41) is 6.47. The number of hydrogen-bond donors (Lipinski definition) is 2. The molecule has 0 aliphatic heterocycles. The van der Waals surface area contributed by atoms with Crippen molar-refractivity contribution in [3.8, 4) is 0 Å². The molecule has 0 saturated carbocycles. The first kappa shape index (κ1) is 21.9. The van der Waals surface area contributed by atoms with Crippen molar-refractivity contribution in [1.29, 1.82) is 0 Å². The van der Waals surface area contributed by atoms with E-state index in [1.54, 1.807) is 6.92 Å². The molecule has 1 heterocycles. The lowest BCUT2D eigenvalue weighted by Crippen LogP contribution is -2.33. The zero-order valence-electron chi connectivity index (χ0n) is 16.6. The van der Waals surface area contributed by atoms with Crippen LogP contribution < -0.4 is 14.9 Å². The number of anilines is 1. The smallest absolute Gasteiger partial charge is 0.245 e. The van der Waals surface area contributed by atoms with E-state index >= 15 is 0 Å². The number of carbonyl (C=O) groups excluding carboxylic acids is 1. The van der Waals surface area contributed by atoms with Crippen LogP contribution in [0.15, 0.2) is 39.8 Å². The van der Waals surface area contributed by atoms with Crippen LogP contribution in [0.3, 0.4) is 0 Å². The summed E-state index contributed by atoms with van der Waals surface area (Å²) in [5.74, 6) is 0.0394. The third kappa shape index (κ3) is 6.07. The fraction of sp³-hybridized carbons (Fsp3) is 0.474. The molecule has 8 nitrogen and oxygen atoms in total. The number of carbonyl (C=O) groups is 1. The van der Waals surface area contributed by atoms with Crippen molar-refractivity contribution >= 4 is 21.6 Å². The van der Waals surface area contributed by atoms with Gasteiger partial charge < -0.3 is 14.7 Å². The summed E-state index contributed by atoms with van der Waals surface area (Å²) >= 11 is 0. The molecule has 0 unspecified atom stereocenters. The number of amides is 1. The molecule has 0 aliphatic carbocycles. The Balaban J connectivity index is 1.69. The molecule has 0 atom stereocenters. The zero-order valence-corrected chi connectivity index (χ0v) is 17.4. The third-order valence-electron chi connectivity index (χ3n) is 4.31. The number of aromatic nitrogens is 1. The highest BCUT2D eigenvalue weighted by molar-refractivity contribution is 7.89. The number of sulfonamides is 1. The molecule has 0 radical (unpaired) electrons. The second kappa shape index (κ2) is 10.2. The van der Waals surface area contributed by atoms with Crippen LogP contribution in [-0.2, 0) is 14.8 Å². The van der Waals surface area contributed by atoms with Crippen molar-refractivity contribution in [2.24, 2.45) is 0 Å². The van der Waals surface area contributed by atoms with Crippen molar-refractivity contribution < 1.29 is 17.7 Å². The molecule has 2 rings (SSSR count). The predicted molar refractivity (Wildman–Crippen MR) is 108 cm³/mol. The van der Waals surface area contributed by atoms with E-state index in [1.807, 2.05) is 18.2 Å². The van der Waals surface area contributed by atoms with Gasteiger partial charge in [0.2, 0.25) is 15.9 Å². The van der Waals surface area contributed by atoms with Gasteiger partial charge in [-0.1, -0.05) is 23.4 Å². The zero-order chi connectivity index (χ0) is 20.6. The highest BCUT2D eigenvalue weighted by atomic mass is 32.2. The van der Waals surface area contributed by atoms with E-state index in [-0.39, 0.29) is 29.5 Å². The molecule has 1 aromatic carbocycles. The van der Waals surface area contributed by atoms with Gasteiger partial charge in [-0.25, -0.2) is 13.1 Å². The van der Waals surface area contributed by atoms with E-state index in [0.717, 1.165) is 25.2 Å². The van der Waals surface area contributed by atoms with Crippen LogP contribution in [0.4, 0.5) is 5.69 Å². The Morgan fingerprint density at radius 1 is 1.18 bits per heavy atom. The van der Waals surface area contributed by atoms with Crippen LogP contribution in [0, 0.1) is 13.8 Å². The minimum atomic E-state index is -3.74. The van der Waals surface area contributed by atoms with Crippen LogP contribution in [0.1, 0.15) is 31.2 Å². The van der Waals surface area contributed by atoms with Gasteiger partial charge in [-0.3, -0.25) is 4.79 Å². The van der Waals surface area contributed by atoms with E-state index in [2.05, 4.69) is 39.2 Å². The van der Waals surface area contributed by atoms with Crippen molar-refractivity contribution in [2.75, 3.05) is 31.1 Å². The number of rotatable bonds is 11. The molecule has 1 aromatic heterocycles. The summed E-state index contributed by atoms with van der Waals surface area (Å²) in [5.41, 5.74) is 1.46. The second-order valence-electron chi connectivity index (χ2n) is 6.42. The van der Waals surface area contributed by atoms with E-state index in [1.165, 1.54) is 6.92 Å². The number of hydrogen-bond acceptors (Lipinski definition) is 6. The van der Waals surface area contributed by atoms with Gasteiger partial charge in [-0.2, -0.15) is 0 Å². The van der Waals surface area contributed by atoms with Crippen LogP contribution in [-0.4, -0.2) is 45.7 Å². The fourth-order valence-electron chi connectivity index (χ4n) is 2.92. The molecule has 0 fully saturated rings. The minimum Gasteiger partial charge on any atom is -0.372 e. The van der Waals surface area contributed by atoms with E-state index in [0.29, 0.717) is 12.2 Å². The summed E-state index contributed by atoms with van der Waals surface area (Å²) in [6.45, 7) is 7.47. The van der Waals surface area contributed by atoms with E-state index in [9.17, 15) is 13.2 Å². The topological polar surface area (TPSA) is 105 Å². The molecule has 0 aliphatic rings. The first-order valence-electron chi connectivity index (χ1n) is 9.34. The lowest BCUT2D eigenvalue weighted by atomic mass is 10.2. The van der Waals surface area contributed by atoms with Crippen molar-refractivity contribution in [3.05, 3.63) is 41.8 Å². The molecule has 9 heteroatoms. The summed E-state index contributed by atoms with van der Waals surface area (Å²) in [6.07, 6.45) is 0.873. The average molecular weight is 409 g/mol. The Hall–Kier alpha value is -2.39. The molecule has 28 heavy (non-hydrogen) atoms. The molecule has 0 spiro atoms. The van der Waals surface area contributed by atoms with Crippen molar-refractivity contribution in [3.63, 3.8) is 0 Å². The molecular formula is C19H28N4O4S. The van der Waals surface area contributed by atoms with Gasteiger partial charge >= 0.3 is 0 Å². The van der Waals surface area contributed by atoms with Gasteiger partial charge in [0.25, 0.3) is 0 Å². The van der Waals surface area contributed by atoms with E-state index < -0.39 is 10.0 Å². The maximum absolute atomic E-state index is 12.3. The van der Waals surface area contributed by atoms with Gasteiger partial charge in [0, 0.05) is 38.3 Å². The Morgan fingerprint density at radius 2 is 1.89 bits per heavy atom. The van der Waals surface area contributed by atoms with Crippen LogP contribution in [0.5, 0.6) is 0 Å². The molecule has 154 valence electrons. The first-order valence-corrected chi connectivity index (χ1v) is 10.8. The van der Waals surface area contributed by atoms with Crippen LogP contribution in [0.25, 0.3) is 0 Å². The lowest BCUT2D eigenvalue weighted by molar-refractivity contribution is -0.120. The van der Waals surface area contributed by atoms with Crippen LogP contribution >= 0.6 is 0 Å². The Morgan fingerprint density at radius 3 is 2.50 bits per heavy atom. The first-order chi connectivity index (χ1) is 13.3. The lowest BCUT2D eigenvalue weighted by Gasteiger charge is -2.23. The Labute approximate surface area is 166 Å². The quantitative estimate of drug-likeness (QED) is 0.551. The predicted octanol–water partition coefficient (Wildman–Crippen LogP) is 1.99. The van der Waals surface area contributed by atoms with E-state index in [4.69, 9.17) is 4.52 Å². The summed E-state index contributed by atoms with van der Waals surface area (Å²) in [6, 6.07) is 10.1. The van der Waals surface area contributed by atoms with Crippen molar-refractivity contribution in [1.82, 2.24) is 15.2 Å². The fourth-order valence-corrected chi connectivity index (χ4v) is 4.28. The van der Waals surface area contributed by atoms with Gasteiger partial charge in [-0.05, 0) is 39.3 Å². The highest BCUT2D eigenvalue weighted by Crippen LogP contribution is 2.18. The number of benzene rings is 1. The molecule has 0 saturated heterocycles. The maximum atomic E-state index is 12.3. The monoisotopic (exact) mass is 408 g/mol. The summed E-state index contributed by atoms with van der Waals surface area (Å²) in [7, 11) is -3.74. The Bertz CT molecular complexity index is 846. The normalized spacial score (nSPS) is 11.4. The number of para-hydroxylation sites is 1. The minimum absolute atomic E-state index is 0.0172. The van der Waals surface area contributed by atoms with Gasteiger partial charge in [0.15, 0.2) is 5.76 Å². The SMILES string of the molecule is CCN(CCCNC(=O)CCNS(=O)(=O)c1c(C)noc1C)c1ccccc1. The second-order valence-corrected chi connectivity index (χ2v) is 8.12. The van der Waals surface area contributed by atoms with Gasteiger partial charge in [-0.15, -0.1) is 0 Å². The number of aryl methyl sites for hydroxylation is 2. The molecule has 0 bridgehead atoms. The standard InChI is InChI=1S/C19H28N4O4S/c1-4-23(17-9-6-5-7-10-17)14-8-12-20-18(24)11-13-21-28(25,26)19-15(2)22-27-16(19)3/h5-7,9-10,21H,4,8,11-14H2,1-3H3,(H,20,24). The molecule has 2 N–H and O–H groups in total. The summed E-state index contributed by atoms with van der Waals surface area (Å²) in [4.78, 5) is 14.2. The molecule has 1 amide bonds. The van der Waals surface area contributed by atoms with Crippen molar-refractivity contribution in [2.45, 2.75) is 38.5 Å². The average Bonchev–Trinajstić information content (AvgIpc) is 3.01. The number of nitrogens with one attached hydrogen (secondary N) is 2. The maximum Gasteiger partial charge on any atom is 0.245 e. The van der Waals surface area contributed by atoms with Gasteiger partial charge in [0.05, 0.1) is 0 Å². The third-order valence-corrected chi connectivity index (χ3v) is 6.02. The molecular weight excluding hydrogens is 380 g/mol. The van der Waals surface area contributed by atoms with Gasteiger partial charge in [0.1, 0.15) is 10.6 Å². The number of nitrogens with zero attached hydrogens (tertiary/aromatic N) is 2. The highest BCUT2D eigenvalue weighted by Gasteiger charge is 2.23.